The second-order valence-electron chi connectivity index (χ2n) is 4.43. The van der Waals surface area contributed by atoms with E-state index in [4.69, 9.17) is 5.73 Å². The van der Waals surface area contributed by atoms with Crippen molar-refractivity contribution < 1.29 is 0 Å². The Hall–Kier alpha value is -1.35. The van der Waals surface area contributed by atoms with E-state index in [1.54, 1.807) is 0 Å². The van der Waals surface area contributed by atoms with Gasteiger partial charge in [0.2, 0.25) is 0 Å². The van der Waals surface area contributed by atoms with Crippen LogP contribution in [0, 0.1) is 13.8 Å². The summed E-state index contributed by atoms with van der Waals surface area (Å²) >= 11 is 0. The summed E-state index contributed by atoms with van der Waals surface area (Å²) in [5, 5.41) is 0. The summed E-state index contributed by atoms with van der Waals surface area (Å²) in [7, 11) is 0. The van der Waals surface area contributed by atoms with Crippen molar-refractivity contribution in [2.45, 2.75) is 40.3 Å². The fourth-order valence-corrected chi connectivity index (χ4v) is 2.08. The number of hydrogen-bond acceptors (Lipinski definition) is 2. The maximum Gasteiger partial charge on any atom is 0.126 e. The van der Waals surface area contributed by atoms with Crippen LogP contribution in [-0.4, -0.2) is 9.55 Å². The van der Waals surface area contributed by atoms with Crippen molar-refractivity contribution in [3.05, 3.63) is 29.1 Å². The Morgan fingerprint density at radius 1 is 1.31 bits per heavy atom. The SMILES string of the molecule is CCn1c(C(C)N)nc2cc(C)c(C)cc21. The average molecular weight is 217 g/mol. The number of imidazole rings is 1. The standard InChI is InChI=1S/C13H19N3/c1-5-16-12-7-9(3)8(2)6-11(12)15-13(16)10(4)14/h6-7,10H,5,14H2,1-4H3. The Balaban J connectivity index is 2.77. The lowest BCUT2D eigenvalue weighted by Gasteiger charge is -2.08. The van der Waals surface area contributed by atoms with Crippen molar-refractivity contribution in [2.24, 2.45) is 5.73 Å². The minimum atomic E-state index is -0.0204. The topological polar surface area (TPSA) is 43.8 Å². The second-order valence-corrected chi connectivity index (χ2v) is 4.43. The molecule has 86 valence electrons. The first-order valence-electron chi connectivity index (χ1n) is 5.77. The molecular formula is C13H19N3. The number of nitrogens with zero attached hydrogens (tertiary/aromatic N) is 2. The van der Waals surface area contributed by atoms with Crippen molar-refractivity contribution in [1.82, 2.24) is 9.55 Å². The summed E-state index contributed by atoms with van der Waals surface area (Å²) < 4.78 is 2.20. The van der Waals surface area contributed by atoms with Gasteiger partial charge < -0.3 is 10.3 Å². The Morgan fingerprint density at radius 2 is 1.94 bits per heavy atom. The molecule has 0 aliphatic heterocycles. The Morgan fingerprint density at radius 3 is 2.50 bits per heavy atom. The molecule has 0 spiro atoms. The van der Waals surface area contributed by atoms with E-state index in [0.717, 1.165) is 17.9 Å². The monoisotopic (exact) mass is 217 g/mol. The highest BCUT2D eigenvalue weighted by atomic mass is 15.1. The lowest BCUT2D eigenvalue weighted by molar-refractivity contribution is 0.650. The predicted octanol–water partition coefficient (Wildman–Crippen LogP) is 2.69. The van der Waals surface area contributed by atoms with Crippen LogP contribution in [0.1, 0.15) is 36.8 Å². The van der Waals surface area contributed by atoms with Gasteiger partial charge in [-0.2, -0.15) is 0 Å². The largest absolute Gasteiger partial charge is 0.327 e. The zero-order valence-electron chi connectivity index (χ0n) is 10.4. The molecule has 1 atom stereocenters. The molecule has 0 radical (unpaired) electrons. The maximum absolute atomic E-state index is 5.95. The summed E-state index contributed by atoms with van der Waals surface area (Å²) in [4.78, 5) is 4.62. The van der Waals surface area contributed by atoms with Gasteiger partial charge in [0, 0.05) is 6.54 Å². The number of aryl methyl sites for hydroxylation is 3. The van der Waals surface area contributed by atoms with Gasteiger partial charge in [-0.1, -0.05) is 0 Å². The van der Waals surface area contributed by atoms with E-state index in [2.05, 4.69) is 42.5 Å². The third-order valence-electron chi connectivity index (χ3n) is 3.12. The highest BCUT2D eigenvalue weighted by Gasteiger charge is 2.13. The first-order valence-corrected chi connectivity index (χ1v) is 5.77. The summed E-state index contributed by atoms with van der Waals surface area (Å²) in [6, 6.07) is 4.32. The number of rotatable bonds is 2. The van der Waals surface area contributed by atoms with Crippen LogP contribution in [0.3, 0.4) is 0 Å². The molecule has 2 N–H and O–H groups in total. The lowest BCUT2D eigenvalue weighted by atomic mass is 10.1. The van der Waals surface area contributed by atoms with Crippen LogP contribution in [0.2, 0.25) is 0 Å². The van der Waals surface area contributed by atoms with Gasteiger partial charge >= 0.3 is 0 Å². The first-order chi connectivity index (χ1) is 7.54. The van der Waals surface area contributed by atoms with Crippen LogP contribution in [-0.2, 0) is 6.54 Å². The van der Waals surface area contributed by atoms with Gasteiger partial charge in [-0.3, -0.25) is 0 Å². The first kappa shape index (κ1) is 11.1. The van der Waals surface area contributed by atoms with Gasteiger partial charge in [0.25, 0.3) is 0 Å². The molecular weight excluding hydrogens is 198 g/mol. The summed E-state index contributed by atoms with van der Waals surface area (Å²) in [5.41, 5.74) is 10.8. The van der Waals surface area contributed by atoms with Crippen LogP contribution >= 0.6 is 0 Å². The van der Waals surface area contributed by atoms with Crippen molar-refractivity contribution in [2.75, 3.05) is 0 Å². The number of aromatic nitrogens is 2. The molecule has 2 rings (SSSR count). The molecule has 0 fully saturated rings. The molecule has 0 aliphatic rings. The fourth-order valence-electron chi connectivity index (χ4n) is 2.08. The Kier molecular flexibility index (Phi) is 2.72. The maximum atomic E-state index is 5.95. The molecule has 0 saturated heterocycles. The van der Waals surface area contributed by atoms with Crippen LogP contribution in [0.25, 0.3) is 11.0 Å². The van der Waals surface area contributed by atoms with Gasteiger partial charge in [0.1, 0.15) is 5.82 Å². The van der Waals surface area contributed by atoms with Crippen LogP contribution in [0.5, 0.6) is 0 Å². The number of hydrogen-bond donors (Lipinski definition) is 1. The summed E-state index contributed by atoms with van der Waals surface area (Å²) in [6.45, 7) is 9.27. The van der Waals surface area contributed by atoms with E-state index in [-0.39, 0.29) is 6.04 Å². The van der Waals surface area contributed by atoms with Crippen LogP contribution in [0.15, 0.2) is 12.1 Å². The predicted molar refractivity (Wildman–Crippen MR) is 67.5 cm³/mol. The minimum absolute atomic E-state index is 0.0204. The van der Waals surface area contributed by atoms with Crippen LogP contribution in [0.4, 0.5) is 0 Å². The van der Waals surface area contributed by atoms with E-state index < -0.39 is 0 Å². The highest BCUT2D eigenvalue weighted by molar-refractivity contribution is 5.78. The summed E-state index contributed by atoms with van der Waals surface area (Å²) in [6.07, 6.45) is 0. The van der Waals surface area contributed by atoms with Crippen LogP contribution < -0.4 is 5.73 Å². The fraction of sp³-hybridized carbons (Fsp3) is 0.462. The molecule has 1 aromatic carbocycles. The molecule has 16 heavy (non-hydrogen) atoms. The molecule has 0 amide bonds. The molecule has 0 aliphatic carbocycles. The lowest BCUT2D eigenvalue weighted by Crippen LogP contribution is -2.12. The number of nitrogens with two attached hydrogens (primary N) is 1. The third kappa shape index (κ3) is 1.61. The van der Waals surface area contributed by atoms with Gasteiger partial charge in [0.05, 0.1) is 17.1 Å². The molecule has 3 nitrogen and oxygen atoms in total. The van der Waals surface area contributed by atoms with Gasteiger partial charge in [-0.05, 0) is 51.0 Å². The molecule has 1 aromatic heterocycles. The normalized spacial score (nSPS) is 13.3. The number of benzene rings is 1. The van der Waals surface area contributed by atoms with E-state index in [1.807, 2.05) is 6.92 Å². The molecule has 1 heterocycles. The van der Waals surface area contributed by atoms with E-state index in [0.29, 0.717) is 0 Å². The molecule has 1 unspecified atom stereocenters. The van der Waals surface area contributed by atoms with E-state index in [9.17, 15) is 0 Å². The van der Waals surface area contributed by atoms with Gasteiger partial charge in [-0.25, -0.2) is 4.98 Å². The quantitative estimate of drug-likeness (QED) is 0.840. The zero-order chi connectivity index (χ0) is 11.9. The van der Waals surface area contributed by atoms with Gasteiger partial charge in [-0.15, -0.1) is 0 Å². The number of fused-ring (bicyclic) bond motifs is 1. The Bertz CT molecular complexity index is 523. The summed E-state index contributed by atoms with van der Waals surface area (Å²) in [5.74, 6) is 0.975. The highest BCUT2D eigenvalue weighted by Crippen LogP contribution is 2.22. The second kappa shape index (κ2) is 3.91. The van der Waals surface area contributed by atoms with E-state index >= 15 is 0 Å². The minimum Gasteiger partial charge on any atom is -0.327 e. The van der Waals surface area contributed by atoms with Crippen molar-refractivity contribution in [3.8, 4) is 0 Å². The molecule has 3 heteroatoms. The third-order valence-corrected chi connectivity index (χ3v) is 3.12. The Labute approximate surface area is 96.3 Å². The smallest absolute Gasteiger partial charge is 0.126 e. The molecule has 2 aromatic rings. The van der Waals surface area contributed by atoms with Crippen molar-refractivity contribution in [3.63, 3.8) is 0 Å². The molecule has 0 saturated carbocycles. The molecule has 0 bridgehead atoms. The van der Waals surface area contributed by atoms with E-state index in [1.165, 1.54) is 16.6 Å². The zero-order valence-corrected chi connectivity index (χ0v) is 10.4. The average Bonchev–Trinajstić information content (AvgIpc) is 2.57. The van der Waals surface area contributed by atoms with Crippen molar-refractivity contribution in [1.29, 1.82) is 0 Å². The van der Waals surface area contributed by atoms with Gasteiger partial charge in [0.15, 0.2) is 0 Å². The van der Waals surface area contributed by atoms with Crippen molar-refractivity contribution >= 4 is 11.0 Å².